The molecule has 4 heterocycles. The first-order valence-electron chi connectivity index (χ1n) is 11.3. The Morgan fingerprint density at radius 3 is 2.63 bits per heavy atom. The number of nitrogens with zero attached hydrogens (tertiary/aromatic N) is 5. The van der Waals surface area contributed by atoms with Crippen LogP contribution in [0.25, 0.3) is 17.0 Å². The maximum atomic E-state index is 15.1. The van der Waals surface area contributed by atoms with Gasteiger partial charge in [0.25, 0.3) is 0 Å². The summed E-state index contributed by atoms with van der Waals surface area (Å²) in [5.41, 5.74) is 1.57. The molecule has 0 amide bonds. The summed E-state index contributed by atoms with van der Waals surface area (Å²) < 4.78 is 35.5. The maximum absolute atomic E-state index is 15.1. The van der Waals surface area contributed by atoms with E-state index < -0.39 is 11.6 Å². The van der Waals surface area contributed by atoms with Gasteiger partial charge in [-0.3, -0.25) is 5.10 Å². The first-order chi connectivity index (χ1) is 16.9. The number of rotatable bonds is 6. The molecule has 35 heavy (non-hydrogen) atoms. The Labute approximate surface area is 200 Å². The van der Waals surface area contributed by atoms with Gasteiger partial charge < -0.3 is 24.8 Å². The molecule has 0 saturated carbocycles. The summed E-state index contributed by atoms with van der Waals surface area (Å²) in [6.07, 6.45) is 3.79. The summed E-state index contributed by atoms with van der Waals surface area (Å²) in [4.78, 5) is 16.1. The smallest absolute Gasteiger partial charge is 0.326 e. The lowest BCUT2D eigenvalue weighted by atomic mass is 10.2. The van der Waals surface area contributed by atoms with Gasteiger partial charge >= 0.3 is 6.01 Å². The number of hydrogen-bond donors (Lipinski definition) is 3. The molecule has 1 fully saturated rings. The molecular formula is C24H26F2N8O. The van der Waals surface area contributed by atoms with Crippen LogP contribution in [0.1, 0.15) is 18.3 Å². The van der Waals surface area contributed by atoms with Gasteiger partial charge in [-0.2, -0.15) is 15.1 Å². The van der Waals surface area contributed by atoms with Crippen molar-refractivity contribution in [2.24, 2.45) is 0 Å². The van der Waals surface area contributed by atoms with Gasteiger partial charge in [0.05, 0.1) is 11.2 Å². The molecule has 11 heteroatoms. The van der Waals surface area contributed by atoms with E-state index in [1.165, 1.54) is 6.07 Å². The predicted molar refractivity (Wildman–Crippen MR) is 131 cm³/mol. The van der Waals surface area contributed by atoms with Gasteiger partial charge in [-0.25, -0.2) is 8.78 Å². The second-order valence-electron chi connectivity index (χ2n) is 8.53. The molecule has 1 aliphatic rings. The lowest BCUT2D eigenvalue weighted by Gasteiger charge is -2.33. The molecule has 9 nitrogen and oxygen atoms in total. The fraction of sp³-hybridized carbons (Fsp3) is 0.292. The Morgan fingerprint density at radius 1 is 1.06 bits per heavy atom. The summed E-state index contributed by atoms with van der Waals surface area (Å²) in [6, 6.07) is 6.06. The second-order valence-corrected chi connectivity index (χ2v) is 8.53. The Hall–Kier alpha value is -3.99. The Balaban J connectivity index is 1.50. The quantitative estimate of drug-likeness (QED) is 0.371. The van der Waals surface area contributed by atoms with Crippen molar-refractivity contribution in [3.8, 4) is 11.8 Å². The number of aromatic amines is 2. The van der Waals surface area contributed by atoms with Gasteiger partial charge in [-0.05, 0) is 33.0 Å². The van der Waals surface area contributed by atoms with E-state index in [-0.39, 0.29) is 22.7 Å². The van der Waals surface area contributed by atoms with Crippen molar-refractivity contribution < 1.29 is 13.5 Å². The maximum Gasteiger partial charge on any atom is 0.326 e. The summed E-state index contributed by atoms with van der Waals surface area (Å²) in [7, 11) is 2.06. The normalized spacial score (nSPS) is 14.8. The molecule has 0 spiro atoms. The number of likely N-dealkylation sites (N-methyl/N-ethyl adjacent to an activating group) is 1. The molecule has 5 rings (SSSR count). The van der Waals surface area contributed by atoms with E-state index in [0.29, 0.717) is 23.1 Å². The van der Waals surface area contributed by atoms with E-state index in [1.807, 2.05) is 25.1 Å². The molecule has 0 unspecified atom stereocenters. The van der Waals surface area contributed by atoms with Crippen LogP contribution in [0.15, 0.2) is 30.3 Å². The van der Waals surface area contributed by atoms with E-state index >= 15 is 4.39 Å². The van der Waals surface area contributed by atoms with Crippen LogP contribution < -0.4 is 15.0 Å². The van der Waals surface area contributed by atoms with Crippen molar-refractivity contribution in [2.45, 2.75) is 13.8 Å². The molecule has 0 bridgehead atoms. The third-order valence-electron chi connectivity index (χ3n) is 5.82. The molecule has 1 aliphatic heterocycles. The van der Waals surface area contributed by atoms with Crippen LogP contribution in [-0.2, 0) is 0 Å². The van der Waals surface area contributed by atoms with Crippen LogP contribution >= 0.6 is 0 Å². The van der Waals surface area contributed by atoms with Gasteiger partial charge in [-0.15, -0.1) is 0 Å². The Bertz CT molecular complexity index is 1390. The van der Waals surface area contributed by atoms with Crippen LogP contribution in [0.2, 0.25) is 0 Å². The van der Waals surface area contributed by atoms with Gasteiger partial charge in [0, 0.05) is 55.5 Å². The average Bonchev–Trinajstić information content (AvgIpc) is 3.44. The largest absolute Gasteiger partial charge is 0.421 e. The zero-order valence-corrected chi connectivity index (χ0v) is 19.7. The van der Waals surface area contributed by atoms with E-state index in [2.05, 4.69) is 47.3 Å². The summed E-state index contributed by atoms with van der Waals surface area (Å²) in [5.74, 6) is -0.00134. The van der Waals surface area contributed by atoms with Crippen molar-refractivity contribution in [3.63, 3.8) is 0 Å². The number of piperazine rings is 1. The average molecular weight is 481 g/mol. The zero-order chi connectivity index (χ0) is 24.5. The summed E-state index contributed by atoms with van der Waals surface area (Å²) >= 11 is 0. The fourth-order valence-corrected chi connectivity index (χ4v) is 4.02. The topological polar surface area (TPSA) is 98.0 Å². The second kappa shape index (κ2) is 9.34. The minimum Gasteiger partial charge on any atom is -0.421 e. The molecular weight excluding hydrogens is 454 g/mol. The highest BCUT2D eigenvalue weighted by Crippen LogP contribution is 2.33. The standard InChI is InChI=1S/C24H26F2N8O/c1-4-5-15-11-20(32-31-15)28-19-13-21(34-8-6-33(3)7-9-34)30-24(29-19)35-18-12-17(25)23-16(22(18)26)10-14(2)27-23/h4-5,10-13,27H,6-9H2,1-3H3,(H2,28,29,30,31,32)/b5-4-. The minimum absolute atomic E-state index is 0.0947. The van der Waals surface area contributed by atoms with Crippen molar-refractivity contribution >= 4 is 34.4 Å². The number of aryl methyl sites for hydroxylation is 1. The van der Waals surface area contributed by atoms with Crippen molar-refractivity contribution in [2.75, 3.05) is 43.4 Å². The molecule has 4 aromatic rings. The fourth-order valence-electron chi connectivity index (χ4n) is 4.02. The van der Waals surface area contributed by atoms with E-state index in [9.17, 15) is 4.39 Å². The molecule has 182 valence electrons. The van der Waals surface area contributed by atoms with Crippen LogP contribution in [0.5, 0.6) is 11.8 Å². The monoisotopic (exact) mass is 480 g/mol. The Morgan fingerprint density at radius 2 is 1.86 bits per heavy atom. The number of benzene rings is 1. The SMILES string of the molecule is C/C=C\c1cc(Nc2cc(N3CCN(C)CC3)nc(Oc3cc(F)c4[nH]c(C)cc4c3F)n2)n[nH]1. The molecule has 1 saturated heterocycles. The van der Waals surface area contributed by atoms with Gasteiger partial charge in [0.1, 0.15) is 11.6 Å². The van der Waals surface area contributed by atoms with E-state index in [0.717, 1.165) is 37.9 Å². The highest BCUT2D eigenvalue weighted by molar-refractivity contribution is 5.83. The number of H-pyrrole nitrogens is 2. The third kappa shape index (κ3) is 4.80. The number of anilines is 3. The number of aromatic nitrogens is 5. The summed E-state index contributed by atoms with van der Waals surface area (Å²) in [6.45, 7) is 6.92. The van der Waals surface area contributed by atoms with Crippen molar-refractivity contribution in [1.82, 2.24) is 30.0 Å². The predicted octanol–water partition coefficient (Wildman–Crippen LogP) is 4.59. The van der Waals surface area contributed by atoms with Crippen molar-refractivity contribution in [1.29, 1.82) is 0 Å². The van der Waals surface area contributed by atoms with Crippen molar-refractivity contribution in [3.05, 3.63) is 53.4 Å². The molecule has 3 aromatic heterocycles. The highest BCUT2D eigenvalue weighted by atomic mass is 19.1. The molecule has 0 atom stereocenters. The lowest BCUT2D eigenvalue weighted by molar-refractivity contribution is 0.311. The first-order valence-corrected chi connectivity index (χ1v) is 11.3. The summed E-state index contributed by atoms with van der Waals surface area (Å²) in [5, 5.41) is 10.4. The number of fused-ring (bicyclic) bond motifs is 1. The number of hydrogen-bond acceptors (Lipinski definition) is 7. The third-order valence-corrected chi connectivity index (χ3v) is 5.82. The number of allylic oxidation sites excluding steroid dienone is 1. The van der Waals surface area contributed by atoms with Crippen LogP contribution in [0.4, 0.5) is 26.2 Å². The Kier molecular flexibility index (Phi) is 6.08. The molecule has 1 aromatic carbocycles. The number of nitrogens with one attached hydrogen (secondary N) is 3. The molecule has 0 radical (unpaired) electrons. The van der Waals surface area contributed by atoms with E-state index in [4.69, 9.17) is 4.74 Å². The van der Waals surface area contributed by atoms with Crippen LogP contribution in [-0.4, -0.2) is 63.3 Å². The van der Waals surface area contributed by atoms with Gasteiger partial charge in [-0.1, -0.05) is 6.08 Å². The number of ether oxygens (including phenoxy) is 1. The molecule has 3 N–H and O–H groups in total. The number of halogens is 2. The van der Waals surface area contributed by atoms with E-state index in [1.54, 1.807) is 13.0 Å². The molecule has 0 aliphatic carbocycles. The minimum atomic E-state index is -0.683. The van der Waals surface area contributed by atoms with Gasteiger partial charge in [0.15, 0.2) is 23.2 Å². The van der Waals surface area contributed by atoms with Gasteiger partial charge in [0.2, 0.25) is 0 Å². The lowest BCUT2D eigenvalue weighted by Crippen LogP contribution is -2.44. The first kappa shape index (κ1) is 22.8. The zero-order valence-electron chi connectivity index (χ0n) is 19.7. The van der Waals surface area contributed by atoms with Crippen LogP contribution in [0.3, 0.4) is 0 Å². The van der Waals surface area contributed by atoms with Crippen LogP contribution in [0, 0.1) is 18.6 Å². The highest BCUT2D eigenvalue weighted by Gasteiger charge is 2.21.